The first kappa shape index (κ1) is 17.7. The summed E-state index contributed by atoms with van der Waals surface area (Å²) in [6.45, 7) is -3.12. The van der Waals surface area contributed by atoms with Crippen molar-refractivity contribution in [2.24, 2.45) is 0 Å². The Morgan fingerprint density at radius 1 is 1.23 bits per heavy atom. The van der Waals surface area contributed by atoms with Crippen LogP contribution >= 0.6 is 11.3 Å². The van der Waals surface area contributed by atoms with Gasteiger partial charge in [0.1, 0.15) is 10.7 Å². The van der Waals surface area contributed by atoms with Crippen LogP contribution in [0.1, 0.15) is 15.2 Å². The third kappa shape index (κ3) is 3.91. The van der Waals surface area contributed by atoms with E-state index in [1.54, 1.807) is 12.1 Å². The molecule has 0 aliphatic carbocycles. The topological polar surface area (TPSA) is 90.1 Å². The Kier molecular flexibility index (Phi) is 5.03. The highest BCUT2D eigenvalue weighted by Crippen LogP contribution is 2.31. The molecule has 10 heteroatoms. The van der Waals surface area contributed by atoms with Crippen molar-refractivity contribution in [2.45, 2.75) is 6.61 Å². The van der Waals surface area contributed by atoms with Crippen molar-refractivity contribution in [2.75, 3.05) is 11.1 Å². The van der Waals surface area contributed by atoms with Crippen molar-refractivity contribution in [3.05, 3.63) is 59.0 Å². The first-order valence-electron chi connectivity index (χ1n) is 7.16. The van der Waals surface area contributed by atoms with Gasteiger partial charge in [0, 0.05) is 29.7 Å². The lowest BCUT2D eigenvalue weighted by Gasteiger charge is -2.07. The van der Waals surface area contributed by atoms with Gasteiger partial charge in [0.25, 0.3) is 0 Å². The zero-order chi connectivity index (χ0) is 18.7. The van der Waals surface area contributed by atoms with Crippen LogP contribution in [0.4, 0.5) is 29.8 Å². The summed E-state index contributed by atoms with van der Waals surface area (Å²) in [5.41, 5.74) is 6.43. The molecular weight excluding hydrogens is 369 g/mol. The van der Waals surface area contributed by atoms with Crippen LogP contribution in [0, 0.1) is 5.82 Å². The lowest BCUT2D eigenvalue weighted by molar-refractivity contribution is -0.0521. The Morgan fingerprint density at radius 2 is 1.96 bits per heavy atom. The number of nitrogens with zero attached hydrogens (tertiary/aromatic N) is 2. The van der Waals surface area contributed by atoms with E-state index in [9.17, 15) is 18.0 Å². The number of carbonyl (C=O) groups excluding carboxylic acids is 1. The SMILES string of the molecule is Nc1nc(Nc2ccc(OC(F)F)c(F)c2)sc1C(=O)c1ccncc1. The monoisotopic (exact) mass is 380 g/mol. The third-order valence-electron chi connectivity index (χ3n) is 3.20. The van der Waals surface area contributed by atoms with Gasteiger partial charge in [-0.2, -0.15) is 8.78 Å². The average Bonchev–Trinajstić information content (AvgIpc) is 2.97. The second-order valence-electron chi connectivity index (χ2n) is 4.95. The second kappa shape index (κ2) is 7.40. The molecule has 3 N–H and O–H groups in total. The van der Waals surface area contributed by atoms with E-state index in [-0.39, 0.29) is 27.3 Å². The maximum absolute atomic E-state index is 13.7. The minimum Gasteiger partial charge on any atom is -0.432 e. The second-order valence-corrected chi connectivity index (χ2v) is 5.95. The molecule has 0 spiro atoms. The summed E-state index contributed by atoms with van der Waals surface area (Å²) in [6, 6.07) is 6.46. The maximum Gasteiger partial charge on any atom is 0.387 e. The van der Waals surface area contributed by atoms with Gasteiger partial charge in [-0.05, 0) is 24.3 Å². The van der Waals surface area contributed by atoms with Crippen LogP contribution in [0.3, 0.4) is 0 Å². The van der Waals surface area contributed by atoms with Gasteiger partial charge < -0.3 is 15.8 Å². The summed E-state index contributed by atoms with van der Waals surface area (Å²) in [7, 11) is 0. The molecule has 0 bridgehead atoms. The number of pyridine rings is 1. The van der Waals surface area contributed by atoms with Crippen molar-refractivity contribution >= 4 is 33.8 Å². The minimum atomic E-state index is -3.12. The fourth-order valence-corrected chi connectivity index (χ4v) is 2.94. The number of thiazole rings is 1. The van der Waals surface area contributed by atoms with Crippen LogP contribution in [0.2, 0.25) is 0 Å². The van der Waals surface area contributed by atoms with Gasteiger partial charge in [-0.1, -0.05) is 11.3 Å². The number of aromatic nitrogens is 2. The highest BCUT2D eigenvalue weighted by Gasteiger charge is 2.18. The number of ether oxygens (including phenoxy) is 1. The Morgan fingerprint density at radius 3 is 2.62 bits per heavy atom. The minimum absolute atomic E-state index is 0.0254. The zero-order valence-corrected chi connectivity index (χ0v) is 13.8. The number of anilines is 3. The fourth-order valence-electron chi connectivity index (χ4n) is 2.08. The summed E-state index contributed by atoms with van der Waals surface area (Å²) >= 11 is 0.987. The number of hydrogen-bond donors (Lipinski definition) is 2. The van der Waals surface area contributed by atoms with Crippen LogP contribution in [0.15, 0.2) is 42.7 Å². The quantitative estimate of drug-likeness (QED) is 0.632. The Bertz CT molecular complexity index is 934. The van der Waals surface area contributed by atoms with E-state index in [1.165, 1.54) is 18.5 Å². The van der Waals surface area contributed by atoms with Crippen molar-refractivity contribution in [1.82, 2.24) is 9.97 Å². The number of nitrogens with one attached hydrogen (secondary N) is 1. The van der Waals surface area contributed by atoms with Crippen LogP contribution in [0.5, 0.6) is 5.75 Å². The number of halogens is 3. The largest absolute Gasteiger partial charge is 0.432 e. The molecule has 0 saturated heterocycles. The molecule has 0 amide bonds. The van der Waals surface area contributed by atoms with Gasteiger partial charge in [0.2, 0.25) is 5.78 Å². The van der Waals surface area contributed by atoms with Crippen LogP contribution < -0.4 is 15.8 Å². The first-order valence-corrected chi connectivity index (χ1v) is 7.98. The molecule has 0 atom stereocenters. The zero-order valence-electron chi connectivity index (χ0n) is 12.9. The van der Waals surface area contributed by atoms with Gasteiger partial charge in [-0.15, -0.1) is 0 Å². The maximum atomic E-state index is 13.7. The molecule has 0 unspecified atom stereocenters. The Hall–Kier alpha value is -3.14. The van der Waals surface area contributed by atoms with Gasteiger partial charge in [-0.25, -0.2) is 9.37 Å². The molecule has 0 radical (unpaired) electrons. The van der Waals surface area contributed by atoms with Crippen molar-refractivity contribution in [3.63, 3.8) is 0 Å². The van der Waals surface area contributed by atoms with Gasteiger partial charge in [0.15, 0.2) is 16.7 Å². The summed E-state index contributed by atoms with van der Waals surface area (Å²) in [5.74, 6) is -1.83. The molecule has 0 aliphatic rings. The summed E-state index contributed by atoms with van der Waals surface area (Å²) in [4.78, 5) is 20.5. The summed E-state index contributed by atoms with van der Waals surface area (Å²) < 4.78 is 42.1. The number of carbonyl (C=O) groups is 1. The molecule has 0 aliphatic heterocycles. The van der Waals surface area contributed by atoms with Gasteiger partial charge in [-0.3, -0.25) is 9.78 Å². The predicted octanol–water partition coefficient (Wildman–Crippen LogP) is 3.84. The highest BCUT2D eigenvalue weighted by atomic mass is 32.1. The number of benzene rings is 1. The number of nitrogens with two attached hydrogens (primary N) is 1. The molecule has 134 valence electrons. The molecule has 2 heterocycles. The van der Waals surface area contributed by atoms with E-state index in [1.807, 2.05) is 0 Å². The molecule has 3 aromatic rings. The number of ketones is 1. The van der Waals surface area contributed by atoms with Crippen LogP contribution in [-0.2, 0) is 0 Å². The lowest BCUT2D eigenvalue weighted by atomic mass is 10.1. The molecule has 1 aromatic carbocycles. The van der Waals surface area contributed by atoms with Crippen LogP contribution in [0.25, 0.3) is 0 Å². The van der Waals surface area contributed by atoms with Crippen molar-refractivity contribution in [1.29, 1.82) is 0 Å². The molecule has 26 heavy (non-hydrogen) atoms. The molecular formula is C16H11F3N4O2S. The third-order valence-corrected chi connectivity index (χ3v) is 4.19. The van der Waals surface area contributed by atoms with Crippen molar-refractivity contribution < 1.29 is 22.7 Å². The van der Waals surface area contributed by atoms with E-state index in [2.05, 4.69) is 20.0 Å². The first-order chi connectivity index (χ1) is 12.4. The highest BCUT2D eigenvalue weighted by molar-refractivity contribution is 7.18. The average molecular weight is 380 g/mol. The van der Waals surface area contributed by atoms with Crippen molar-refractivity contribution in [3.8, 4) is 5.75 Å². The summed E-state index contributed by atoms with van der Waals surface area (Å²) in [5, 5.41) is 3.02. The fraction of sp³-hybridized carbons (Fsp3) is 0.0625. The van der Waals surface area contributed by atoms with E-state index < -0.39 is 18.2 Å². The number of nitrogen functional groups attached to an aromatic ring is 1. The number of alkyl halides is 2. The molecule has 3 rings (SSSR count). The van der Waals surface area contributed by atoms with E-state index in [4.69, 9.17) is 5.73 Å². The number of rotatable bonds is 6. The van der Waals surface area contributed by atoms with Gasteiger partial charge >= 0.3 is 6.61 Å². The smallest absolute Gasteiger partial charge is 0.387 e. The molecule has 2 aromatic heterocycles. The van der Waals surface area contributed by atoms with Crippen LogP contribution in [-0.4, -0.2) is 22.4 Å². The molecule has 0 fully saturated rings. The normalized spacial score (nSPS) is 10.8. The standard InChI is InChI=1S/C16H11F3N4O2S/c17-10-7-9(1-2-11(10)25-15(18)19)22-16-23-14(20)13(26-16)12(24)8-3-5-21-6-4-8/h1-7,15H,20H2,(H,22,23). The molecule has 0 saturated carbocycles. The Labute approximate surface area is 149 Å². The van der Waals surface area contributed by atoms with Gasteiger partial charge in [0.05, 0.1) is 0 Å². The molecule has 6 nitrogen and oxygen atoms in total. The van der Waals surface area contributed by atoms with E-state index in [0.717, 1.165) is 23.5 Å². The van der Waals surface area contributed by atoms with E-state index in [0.29, 0.717) is 5.56 Å². The van der Waals surface area contributed by atoms with E-state index >= 15 is 0 Å². The summed E-state index contributed by atoms with van der Waals surface area (Å²) in [6.07, 6.45) is 2.96. The predicted molar refractivity (Wildman–Crippen MR) is 90.5 cm³/mol. The Balaban J connectivity index is 1.79. The number of hydrogen-bond acceptors (Lipinski definition) is 7. The lowest BCUT2D eigenvalue weighted by Crippen LogP contribution is -2.04.